The van der Waals surface area contributed by atoms with Gasteiger partial charge in [0.2, 0.25) is 0 Å². The quantitative estimate of drug-likeness (QED) is 0.559. The Balaban J connectivity index is 1.68. The minimum Gasteiger partial charge on any atom is -0.345 e. The molecule has 6 heteroatoms. The molecule has 1 N–H and O–H groups in total. The third-order valence-electron chi connectivity index (χ3n) is 4.41. The number of nitrogens with zero attached hydrogens (tertiary/aromatic N) is 3. The lowest BCUT2D eigenvalue weighted by atomic mass is 10.1. The molecule has 4 nitrogen and oxygen atoms in total. The molecule has 3 aromatic rings. The number of hydrogen-bond donors (Lipinski definition) is 1. The Bertz CT molecular complexity index is 862. The lowest BCUT2D eigenvalue weighted by molar-refractivity contribution is 0.395. The van der Waals surface area contributed by atoms with Crippen molar-refractivity contribution < 1.29 is 0 Å². The number of aryl methyl sites for hydroxylation is 2. The maximum absolute atomic E-state index is 5.97. The minimum atomic E-state index is 0.712. The van der Waals surface area contributed by atoms with Crippen molar-refractivity contribution in [2.24, 2.45) is 0 Å². The summed E-state index contributed by atoms with van der Waals surface area (Å²) >= 11 is 11.7. The highest BCUT2D eigenvalue weighted by Crippen LogP contribution is 2.16. The van der Waals surface area contributed by atoms with Crippen LogP contribution in [0.25, 0.3) is 0 Å². The summed E-state index contributed by atoms with van der Waals surface area (Å²) in [4.78, 5) is 6.31. The van der Waals surface area contributed by atoms with Crippen molar-refractivity contribution in [2.75, 3.05) is 11.9 Å². The van der Waals surface area contributed by atoms with Crippen LogP contribution in [-0.4, -0.2) is 26.1 Å². The van der Waals surface area contributed by atoms with Crippen LogP contribution in [0.15, 0.2) is 67.3 Å². The maximum Gasteiger partial charge on any atom is 0.173 e. The minimum absolute atomic E-state index is 0.712. The van der Waals surface area contributed by atoms with Crippen molar-refractivity contribution in [3.8, 4) is 0 Å². The monoisotopic (exact) mass is 398 g/mol. The molecular weight excluding hydrogens is 376 g/mol. The van der Waals surface area contributed by atoms with E-state index in [0.717, 1.165) is 31.7 Å². The van der Waals surface area contributed by atoms with Crippen LogP contribution in [0.1, 0.15) is 17.5 Å². The van der Waals surface area contributed by atoms with Gasteiger partial charge in [-0.25, -0.2) is 4.98 Å². The van der Waals surface area contributed by atoms with E-state index in [4.69, 9.17) is 23.8 Å². The largest absolute Gasteiger partial charge is 0.345 e. The SMILES string of the molecule is Cc1ccccc1CN(CCCn1ccnc1)C(=S)Nc1ccc(Cl)cc1. The molecule has 3 rings (SSSR count). The molecule has 0 fully saturated rings. The number of imidazole rings is 1. The van der Waals surface area contributed by atoms with Crippen LogP contribution in [0.3, 0.4) is 0 Å². The molecular formula is C21H23ClN4S. The molecule has 0 amide bonds. The van der Waals surface area contributed by atoms with Gasteiger partial charge in [0.15, 0.2) is 5.11 Å². The molecule has 0 saturated heterocycles. The predicted molar refractivity (Wildman–Crippen MR) is 116 cm³/mol. The Morgan fingerprint density at radius 1 is 1.19 bits per heavy atom. The average molecular weight is 399 g/mol. The molecule has 1 heterocycles. The van der Waals surface area contributed by atoms with E-state index in [1.165, 1.54) is 11.1 Å². The van der Waals surface area contributed by atoms with Crippen LogP contribution in [0.5, 0.6) is 0 Å². The third kappa shape index (κ3) is 5.81. The fraction of sp³-hybridized carbons (Fsp3) is 0.238. The number of aromatic nitrogens is 2. The molecule has 0 atom stereocenters. The molecule has 0 unspecified atom stereocenters. The zero-order chi connectivity index (χ0) is 19.1. The number of hydrogen-bond acceptors (Lipinski definition) is 2. The molecule has 1 aromatic heterocycles. The smallest absolute Gasteiger partial charge is 0.173 e. The zero-order valence-corrected chi connectivity index (χ0v) is 16.9. The van der Waals surface area contributed by atoms with Crippen LogP contribution in [0.4, 0.5) is 5.69 Å². The van der Waals surface area contributed by atoms with Crippen molar-refractivity contribution in [3.63, 3.8) is 0 Å². The fourth-order valence-electron chi connectivity index (χ4n) is 2.84. The van der Waals surface area contributed by atoms with Gasteiger partial charge in [-0.2, -0.15) is 0 Å². The topological polar surface area (TPSA) is 33.1 Å². The van der Waals surface area contributed by atoms with Crippen molar-refractivity contribution in [2.45, 2.75) is 26.4 Å². The molecule has 2 aromatic carbocycles. The predicted octanol–water partition coefficient (Wildman–Crippen LogP) is 5.13. The highest BCUT2D eigenvalue weighted by atomic mass is 35.5. The van der Waals surface area contributed by atoms with Crippen LogP contribution in [0, 0.1) is 6.92 Å². The summed E-state index contributed by atoms with van der Waals surface area (Å²) in [5.74, 6) is 0. The molecule has 27 heavy (non-hydrogen) atoms. The van der Waals surface area contributed by atoms with Gasteiger partial charge in [-0.3, -0.25) is 0 Å². The van der Waals surface area contributed by atoms with Gasteiger partial charge in [0.1, 0.15) is 0 Å². The second kappa shape index (κ2) is 9.53. The average Bonchev–Trinajstić information content (AvgIpc) is 3.18. The molecule has 0 aliphatic carbocycles. The lowest BCUT2D eigenvalue weighted by Crippen LogP contribution is -2.35. The van der Waals surface area contributed by atoms with E-state index in [1.807, 2.05) is 36.8 Å². The van der Waals surface area contributed by atoms with Gasteiger partial charge >= 0.3 is 0 Å². The summed E-state index contributed by atoms with van der Waals surface area (Å²) in [6.07, 6.45) is 6.61. The number of halogens is 1. The summed E-state index contributed by atoms with van der Waals surface area (Å²) < 4.78 is 2.08. The molecule has 0 aliphatic heterocycles. The highest BCUT2D eigenvalue weighted by molar-refractivity contribution is 7.80. The first-order valence-corrected chi connectivity index (χ1v) is 9.72. The van der Waals surface area contributed by atoms with E-state index < -0.39 is 0 Å². The number of anilines is 1. The second-order valence-electron chi connectivity index (χ2n) is 6.44. The van der Waals surface area contributed by atoms with Crippen LogP contribution in [-0.2, 0) is 13.1 Å². The van der Waals surface area contributed by atoms with E-state index >= 15 is 0 Å². The normalized spacial score (nSPS) is 10.6. The van der Waals surface area contributed by atoms with Gasteiger partial charge < -0.3 is 14.8 Å². The van der Waals surface area contributed by atoms with Gasteiger partial charge in [-0.15, -0.1) is 0 Å². The molecule has 0 saturated carbocycles. The summed E-state index contributed by atoms with van der Waals surface area (Å²) in [6.45, 7) is 4.67. The van der Waals surface area contributed by atoms with Crippen LogP contribution in [0.2, 0.25) is 5.02 Å². The maximum atomic E-state index is 5.97. The Hall–Kier alpha value is -2.37. The van der Waals surface area contributed by atoms with Crippen molar-refractivity contribution in [1.82, 2.24) is 14.5 Å². The van der Waals surface area contributed by atoms with Crippen molar-refractivity contribution >= 4 is 34.6 Å². The Kier molecular flexibility index (Phi) is 6.85. The second-order valence-corrected chi connectivity index (χ2v) is 7.26. The summed E-state index contributed by atoms with van der Waals surface area (Å²) in [5, 5.41) is 4.76. The number of thiocarbonyl (C=S) groups is 1. The van der Waals surface area contributed by atoms with E-state index in [1.54, 1.807) is 6.20 Å². The molecule has 140 valence electrons. The van der Waals surface area contributed by atoms with Crippen LogP contribution < -0.4 is 5.32 Å². The number of nitrogens with one attached hydrogen (secondary N) is 1. The number of rotatable bonds is 7. The van der Waals surface area contributed by atoms with Crippen LogP contribution >= 0.6 is 23.8 Å². The van der Waals surface area contributed by atoms with Crippen molar-refractivity contribution in [1.29, 1.82) is 0 Å². The Morgan fingerprint density at radius 2 is 1.96 bits per heavy atom. The molecule has 0 aliphatic rings. The molecule has 0 bridgehead atoms. The van der Waals surface area contributed by atoms with E-state index in [-0.39, 0.29) is 0 Å². The first-order valence-electron chi connectivity index (χ1n) is 8.93. The van der Waals surface area contributed by atoms with Gasteiger partial charge in [-0.05, 0) is 61.0 Å². The van der Waals surface area contributed by atoms with E-state index in [2.05, 4.69) is 51.0 Å². The van der Waals surface area contributed by atoms with Gasteiger partial charge in [0.25, 0.3) is 0 Å². The van der Waals surface area contributed by atoms with Gasteiger partial charge in [0, 0.05) is 42.7 Å². The first-order chi connectivity index (χ1) is 13.1. The fourth-order valence-corrected chi connectivity index (χ4v) is 3.24. The Morgan fingerprint density at radius 3 is 2.67 bits per heavy atom. The lowest BCUT2D eigenvalue weighted by Gasteiger charge is -2.27. The Labute approximate surface area is 170 Å². The molecule has 0 spiro atoms. The molecule has 0 radical (unpaired) electrons. The van der Waals surface area contributed by atoms with Crippen molar-refractivity contribution in [3.05, 3.63) is 83.4 Å². The standard InChI is InChI=1S/C21H23ClN4S/c1-17-5-2-3-6-18(17)15-26(13-4-12-25-14-11-23-16-25)21(27)24-20-9-7-19(22)8-10-20/h2-3,5-11,14,16H,4,12-13,15H2,1H3,(H,24,27). The zero-order valence-electron chi connectivity index (χ0n) is 15.3. The summed E-state index contributed by atoms with van der Waals surface area (Å²) in [7, 11) is 0. The highest BCUT2D eigenvalue weighted by Gasteiger charge is 2.12. The van der Waals surface area contributed by atoms with Gasteiger partial charge in [-0.1, -0.05) is 35.9 Å². The number of benzene rings is 2. The van der Waals surface area contributed by atoms with E-state index in [9.17, 15) is 0 Å². The van der Waals surface area contributed by atoms with Gasteiger partial charge in [0.05, 0.1) is 6.33 Å². The summed E-state index contributed by atoms with van der Waals surface area (Å²) in [6, 6.07) is 16.0. The third-order valence-corrected chi connectivity index (χ3v) is 5.02. The van der Waals surface area contributed by atoms with E-state index in [0.29, 0.717) is 10.1 Å². The summed E-state index contributed by atoms with van der Waals surface area (Å²) in [5.41, 5.74) is 3.49. The first kappa shape index (κ1) is 19.4.